The number of carbonyl (C=O) groups excluding carboxylic acids is 2. The Morgan fingerprint density at radius 2 is 1.61 bits per heavy atom. The number of carbonyl (C=O) groups is 3. The van der Waals surface area contributed by atoms with E-state index in [0.717, 1.165) is 22.3 Å². The number of hydrogen-bond donors (Lipinski definition) is 4. The molecule has 9 nitrogen and oxygen atoms in total. The number of fused-ring (bicyclic) bond motifs is 3. The molecule has 9 heteroatoms. The Morgan fingerprint density at radius 1 is 1.00 bits per heavy atom. The number of methoxy groups -OCH3 is 1. The standard InChI is InChI=1S/C24H28N2O7/c1-32-21(23(29)30)10-11-25-22(28)12-15(27)13-26-24(31)33-14-20-18-8-4-2-6-16(18)17-7-3-5-9-19(17)20/h2-9,15,20-21,27H,10-14H2,1H3,(H,25,28)(H,26,31)(H,29,30). The smallest absolute Gasteiger partial charge is 0.407 e. The van der Waals surface area contributed by atoms with Gasteiger partial charge >= 0.3 is 12.1 Å². The van der Waals surface area contributed by atoms with Crippen LogP contribution in [0.5, 0.6) is 0 Å². The van der Waals surface area contributed by atoms with E-state index in [4.69, 9.17) is 14.6 Å². The van der Waals surface area contributed by atoms with Crippen molar-refractivity contribution < 1.29 is 34.1 Å². The van der Waals surface area contributed by atoms with Gasteiger partial charge in [0.15, 0.2) is 6.10 Å². The normalized spacial score (nSPS) is 14.0. The molecular formula is C24H28N2O7. The third-order valence-corrected chi connectivity index (χ3v) is 5.54. The fourth-order valence-electron chi connectivity index (χ4n) is 3.89. The first kappa shape index (κ1) is 24.2. The lowest BCUT2D eigenvalue weighted by Gasteiger charge is -2.16. The van der Waals surface area contributed by atoms with E-state index >= 15 is 0 Å². The van der Waals surface area contributed by atoms with E-state index in [2.05, 4.69) is 10.6 Å². The monoisotopic (exact) mass is 456 g/mol. The molecule has 2 unspecified atom stereocenters. The fourth-order valence-corrected chi connectivity index (χ4v) is 3.89. The summed E-state index contributed by atoms with van der Waals surface area (Å²) in [4.78, 5) is 34.9. The maximum Gasteiger partial charge on any atom is 0.407 e. The first-order valence-electron chi connectivity index (χ1n) is 10.7. The van der Waals surface area contributed by atoms with Gasteiger partial charge in [0.25, 0.3) is 0 Å². The largest absolute Gasteiger partial charge is 0.479 e. The Kier molecular flexibility index (Phi) is 8.39. The number of amides is 2. The van der Waals surface area contributed by atoms with E-state index in [1.54, 1.807) is 0 Å². The molecule has 176 valence electrons. The van der Waals surface area contributed by atoms with Crippen LogP contribution in [0.3, 0.4) is 0 Å². The summed E-state index contributed by atoms with van der Waals surface area (Å²) < 4.78 is 10.2. The van der Waals surface area contributed by atoms with Crippen molar-refractivity contribution in [2.24, 2.45) is 0 Å². The number of carboxylic acid groups (broad SMARTS) is 1. The van der Waals surface area contributed by atoms with Crippen LogP contribution in [0.15, 0.2) is 48.5 Å². The number of rotatable bonds is 11. The highest BCUT2D eigenvalue weighted by Gasteiger charge is 2.29. The predicted molar refractivity (Wildman–Crippen MR) is 120 cm³/mol. The molecule has 2 aromatic rings. The van der Waals surface area contributed by atoms with Gasteiger partial charge in [-0.15, -0.1) is 0 Å². The number of carboxylic acids is 1. The van der Waals surface area contributed by atoms with E-state index in [1.165, 1.54) is 7.11 Å². The summed E-state index contributed by atoms with van der Waals surface area (Å²) >= 11 is 0. The number of benzene rings is 2. The zero-order valence-corrected chi connectivity index (χ0v) is 18.3. The van der Waals surface area contributed by atoms with E-state index < -0.39 is 30.2 Å². The molecule has 2 amide bonds. The Balaban J connectivity index is 1.40. The number of aliphatic hydroxyl groups is 1. The molecule has 0 aliphatic heterocycles. The van der Waals surface area contributed by atoms with Gasteiger partial charge in [-0.2, -0.15) is 0 Å². The fraction of sp³-hybridized carbons (Fsp3) is 0.375. The topological polar surface area (TPSA) is 134 Å². The number of aliphatic carboxylic acids is 1. The summed E-state index contributed by atoms with van der Waals surface area (Å²) in [5, 5.41) is 23.9. The van der Waals surface area contributed by atoms with Gasteiger partial charge in [-0.25, -0.2) is 9.59 Å². The van der Waals surface area contributed by atoms with Crippen molar-refractivity contribution in [3.05, 3.63) is 59.7 Å². The summed E-state index contributed by atoms with van der Waals surface area (Å²) in [5.41, 5.74) is 4.45. The highest BCUT2D eigenvalue weighted by atomic mass is 16.5. The minimum absolute atomic E-state index is 0.0689. The number of ether oxygens (including phenoxy) is 2. The number of aliphatic hydroxyl groups excluding tert-OH is 1. The summed E-state index contributed by atoms with van der Waals surface area (Å²) in [7, 11) is 1.28. The first-order chi connectivity index (χ1) is 15.9. The SMILES string of the molecule is COC(CCNC(=O)CC(O)CNC(=O)OCC1c2ccccc2-c2ccccc21)C(=O)O. The maximum absolute atomic E-state index is 12.1. The van der Waals surface area contributed by atoms with Gasteiger partial charge in [0.1, 0.15) is 6.61 Å². The summed E-state index contributed by atoms with van der Waals surface area (Å²) in [6.07, 6.45) is -2.94. The van der Waals surface area contributed by atoms with Gasteiger partial charge in [-0.1, -0.05) is 48.5 Å². The molecule has 2 atom stereocenters. The van der Waals surface area contributed by atoms with Gasteiger partial charge in [-0.05, 0) is 22.3 Å². The van der Waals surface area contributed by atoms with Gasteiger partial charge in [0.2, 0.25) is 5.91 Å². The second kappa shape index (κ2) is 11.4. The van der Waals surface area contributed by atoms with E-state index in [0.29, 0.717) is 0 Å². The van der Waals surface area contributed by atoms with Crippen molar-refractivity contribution in [3.63, 3.8) is 0 Å². The predicted octanol–water partition coefficient (Wildman–Crippen LogP) is 1.88. The summed E-state index contributed by atoms with van der Waals surface area (Å²) in [6, 6.07) is 16.0. The van der Waals surface area contributed by atoms with Crippen LogP contribution in [0.2, 0.25) is 0 Å². The second-order valence-electron chi connectivity index (χ2n) is 7.77. The van der Waals surface area contributed by atoms with Crippen molar-refractivity contribution in [2.75, 3.05) is 26.8 Å². The Hall–Kier alpha value is -3.43. The minimum Gasteiger partial charge on any atom is -0.479 e. The lowest BCUT2D eigenvalue weighted by Crippen LogP contribution is -2.37. The van der Waals surface area contributed by atoms with Crippen LogP contribution >= 0.6 is 0 Å². The van der Waals surface area contributed by atoms with Gasteiger partial charge in [0.05, 0.1) is 12.5 Å². The molecule has 4 N–H and O–H groups in total. The molecule has 0 radical (unpaired) electrons. The Labute approximate surface area is 191 Å². The van der Waals surface area contributed by atoms with Crippen molar-refractivity contribution in [1.29, 1.82) is 0 Å². The lowest BCUT2D eigenvalue weighted by atomic mass is 9.98. The average molecular weight is 456 g/mol. The number of alkyl carbamates (subject to hydrolysis) is 1. The highest BCUT2D eigenvalue weighted by molar-refractivity contribution is 5.79. The van der Waals surface area contributed by atoms with Crippen LogP contribution in [-0.4, -0.2) is 67.2 Å². The highest BCUT2D eigenvalue weighted by Crippen LogP contribution is 2.44. The van der Waals surface area contributed by atoms with Crippen molar-refractivity contribution in [2.45, 2.75) is 31.0 Å². The molecule has 0 spiro atoms. The molecule has 0 heterocycles. The maximum atomic E-state index is 12.1. The van der Waals surface area contributed by atoms with Crippen LogP contribution < -0.4 is 10.6 Å². The summed E-state index contributed by atoms with van der Waals surface area (Å²) in [5.74, 6) is -1.64. The Bertz CT molecular complexity index is 949. The van der Waals surface area contributed by atoms with Crippen LogP contribution in [0.25, 0.3) is 11.1 Å². The van der Waals surface area contributed by atoms with Crippen molar-refractivity contribution in [1.82, 2.24) is 10.6 Å². The second-order valence-corrected chi connectivity index (χ2v) is 7.77. The third-order valence-electron chi connectivity index (χ3n) is 5.54. The van der Waals surface area contributed by atoms with Crippen LogP contribution in [0.1, 0.15) is 29.9 Å². The molecule has 2 aromatic carbocycles. The van der Waals surface area contributed by atoms with Gasteiger partial charge in [0, 0.05) is 32.5 Å². The van der Waals surface area contributed by atoms with Gasteiger partial charge < -0.3 is 30.3 Å². The zero-order chi connectivity index (χ0) is 23.8. The number of hydrogen-bond acceptors (Lipinski definition) is 6. The third kappa shape index (κ3) is 6.30. The summed E-state index contributed by atoms with van der Waals surface area (Å²) in [6.45, 7) is 0.0940. The minimum atomic E-state index is -1.11. The van der Waals surface area contributed by atoms with Crippen molar-refractivity contribution in [3.8, 4) is 11.1 Å². The van der Waals surface area contributed by atoms with Crippen LogP contribution in [-0.2, 0) is 19.1 Å². The molecule has 0 saturated heterocycles. The van der Waals surface area contributed by atoms with Crippen molar-refractivity contribution >= 4 is 18.0 Å². The molecule has 0 bridgehead atoms. The first-order valence-corrected chi connectivity index (χ1v) is 10.7. The lowest BCUT2D eigenvalue weighted by molar-refractivity contribution is -0.149. The van der Waals surface area contributed by atoms with Crippen LogP contribution in [0, 0.1) is 0 Å². The molecular weight excluding hydrogens is 428 g/mol. The number of nitrogens with one attached hydrogen (secondary N) is 2. The Morgan fingerprint density at radius 3 is 2.18 bits per heavy atom. The van der Waals surface area contributed by atoms with E-state index in [-0.39, 0.29) is 38.5 Å². The van der Waals surface area contributed by atoms with Gasteiger partial charge in [-0.3, -0.25) is 4.79 Å². The van der Waals surface area contributed by atoms with E-state index in [9.17, 15) is 19.5 Å². The quantitative estimate of drug-likeness (QED) is 0.406. The van der Waals surface area contributed by atoms with Crippen LogP contribution in [0.4, 0.5) is 4.79 Å². The zero-order valence-electron chi connectivity index (χ0n) is 18.3. The van der Waals surface area contributed by atoms with E-state index in [1.807, 2.05) is 48.5 Å². The molecule has 3 rings (SSSR count). The average Bonchev–Trinajstić information content (AvgIpc) is 3.12. The molecule has 33 heavy (non-hydrogen) atoms. The molecule has 1 aliphatic rings. The molecule has 0 aromatic heterocycles. The molecule has 0 fully saturated rings. The molecule has 1 aliphatic carbocycles. The molecule has 0 saturated carbocycles.